The standard InChI is InChI=1S/C9H11FN2O5/c1-5(14)17-4-6(3-13)12-2-7(10)8(15)11-9(12)16/h2,6,13H,3-4H2,1H3,(H,11,15,16). The van der Waals surface area contributed by atoms with Gasteiger partial charge in [-0.25, -0.2) is 4.79 Å². The molecule has 0 radical (unpaired) electrons. The minimum atomic E-state index is -1.16. The molecule has 0 amide bonds. The summed E-state index contributed by atoms with van der Waals surface area (Å²) in [5.41, 5.74) is -2.03. The summed E-state index contributed by atoms with van der Waals surface area (Å²) in [6, 6.07) is -0.947. The second-order valence-corrected chi connectivity index (χ2v) is 3.28. The van der Waals surface area contributed by atoms with Crippen LogP contribution in [0.25, 0.3) is 0 Å². The Bertz CT molecular complexity index is 521. The van der Waals surface area contributed by atoms with Crippen LogP contribution in [0.3, 0.4) is 0 Å². The van der Waals surface area contributed by atoms with Crippen LogP contribution in [0, 0.1) is 5.82 Å². The average Bonchev–Trinajstić information content (AvgIpc) is 2.25. The van der Waals surface area contributed by atoms with Crippen LogP contribution in [-0.2, 0) is 9.53 Å². The van der Waals surface area contributed by atoms with Gasteiger partial charge in [0.05, 0.1) is 18.8 Å². The van der Waals surface area contributed by atoms with Crippen molar-refractivity contribution in [1.82, 2.24) is 9.55 Å². The summed E-state index contributed by atoms with van der Waals surface area (Å²) < 4.78 is 18.3. The monoisotopic (exact) mass is 246 g/mol. The molecule has 8 heteroatoms. The molecule has 0 bridgehead atoms. The molecule has 2 N–H and O–H groups in total. The Labute approximate surface area is 94.5 Å². The lowest BCUT2D eigenvalue weighted by Crippen LogP contribution is -2.36. The lowest BCUT2D eigenvalue weighted by molar-refractivity contribution is -0.142. The van der Waals surface area contributed by atoms with Gasteiger partial charge in [-0.1, -0.05) is 0 Å². The molecule has 0 aliphatic rings. The first-order valence-electron chi connectivity index (χ1n) is 4.71. The fourth-order valence-corrected chi connectivity index (χ4v) is 1.17. The number of hydrogen-bond acceptors (Lipinski definition) is 5. The number of rotatable bonds is 4. The summed E-state index contributed by atoms with van der Waals surface area (Å²) >= 11 is 0. The summed E-state index contributed by atoms with van der Waals surface area (Å²) in [5, 5.41) is 9.01. The Morgan fingerprint density at radius 3 is 2.82 bits per heavy atom. The molecule has 1 heterocycles. The number of aliphatic hydroxyl groups is 1. The molecule has 94 valence electrons. The highest BCUT2D eigenvalue weighted by Gasteiger charge is 2.15. The average molecular weight is 246 g/mol. The SMILES string of the molecule is CC(=O)OCC(CO)n1cc(F)c(=O)[nH]c1=O. The molecule has 7 nitrogen and oxygen atoms in total. The molecule has 17 heavy (non-hydrogen) atoms. The van der Waals surface area contributed by atoms with Crippen LogP contribution < -0.4 is 11.2 Å². The number of carbonyl (C=O) groups is 1. The van der Waals surface area contributed by atoms with E-state index < -0.39 is 35.7 Å². The van der Waals surface area contributed by atoms with E-state index in [4.69, 9.17) is 5.11 Å². The summed E-state index contributed by atoms with van der Waals surface area (Å²) in [7, 11) is 0. The number of ether oxygens (including phenoxy) is 1. The van der Waals surface area contributed by atoms with Gasteiger partial charge in [0.2, 0.25) is 5.82 Å². The van der Waals surface area contributed by atoms with Gasteiger partial charge < -0.3 is 9.84 Å². The van der Waals surface area contributed by atoms with Crippen LogP contribution in [0.2, 0.25) is 0 Å². The number of aromatic amines is 1. The molecule has 0 fully saturated rings. The molecular formula is C9H11FN2O5. The van der Waals surface area contributed by atoms with Gasteiger partial charge in [-0.15, -0.1) is 0 Å². The molecule has 0 saturated carbocycles. The maximum Gasteiger partial charge on any atom is 0.328 e. The van der Waals surface area contributed by atoms with Gasteiger partial charge in [-0.05, 0) is 0 Å². The Hall–Kier alpha value is -1.96. The fourth-order valence-electron chi connectivity index (χ4n) is 1.17. The third-order valence-corrected chi connectivity index (χ3v) is 2.01. The number of hydrogen-bond donors (Lipinski definition) is 2. The molecule has 0 spiro atoms. The minimum Gasteiger partial charge on any atom is -0.464 e. The zero-order chi connectivity index (χ0) is 13.0. The van der Waals surface area contributed by atoms with E-state index in [0.29, 0.717) is 6.20 Å². The number of carbonyl (C=O) groups excluding carboxylic acids is 1. The number of aromatic nitrogens is 2. The summed E-state index contributed by atoms with van der Waals surface area (Å²) in [6.07, 6.45) is 0.658. The van der Waals surface area contributed by atoms with E-state index in [1.165, 1.54) is 0 Å². The van der Waals surface area contributed by atoms with Crippen LogP contribution in [0.5, 0.6) is 0 Å². The maximum absolute atomic E-state index is 13.0. The molecule has 1 rings (SSSR count). The summed E-state index contributed by atoms with van der Waals surface area (Å²) in [4.78, 5) is 34.4. The van der Waals surface area contributed by atoms with Crippen LogP contribution in [0.15, 0.2) is 15.8 Å². The van der Waals surface area contributed by atoms with E-state index in [0.717, 1.165) is 11.5 Å². The van der Waals surface area contributed by atoms with Gasteiger partial charge in [-0.3, -0.25) is 19.1 Å². The van der Waals surface area contributed by atoms with Gasteiger partial charge in [0.1, 0.15) is 6.61 Å². The highest BCUT2D eigenvalue weighted by molar-refractivity contribution is 5.65. The van der Waals surface area contributed by atoms with Gasteiger partial charge in [0.25, 0.3) is 5.56 Å². The predicted octanol–water partition coefficient (Wildman–Crippen LogP) is -1.23. The van der Waals surface area contributed by atoms with Gasteiger partial charge >= 0.3 is 11.7 Å². The lowest BCUT2D eigenvalue weighted by Gasteiger charge is -2.16. The van der Waals surface area contributed by atoms with Crippen molar-refractivity contribution in [3.05, 3.63) is 32.9 Å². The summed E-state index contributed by atoms with van der Waals surface area (Å²) in [6.45, 7) is 0.320. The second kappa shape index (κ2) is 5.39. The van der Waals surface area contributed by atoms with Crippen LogP contribution in [0.4, 0.5) is 4.39 Å². The first kappa shape index (κ1) is 13.1. The molecule has 0 saturated heterocycles. The normalized spacial score (nSPS) is 12.2. The summed E-state index contributed by atoms with van der Waals surface area (Å²) in [5.74, 6) is -1.76. The van der Waals surface area contributed by atoms with E-state index in [-0.39, 0.29) is 6.61 Å². The highest BCUT2D eigenvalue weighted by atomic mass is 19.1. The van der Waals surface area contributed by atoms with Crippen molar-refractivity contribution in [3.8, 4) is 0 Å². The van der Waals surface area contributed by atoms with Gasteiger partial charge in [0, 0.05) is 6.92 Å². The first-order valence-corrected chi connectivity index (χ1v) is 4.71. The molecule has 1 unspecified atom stereocenters. The largest absolute Gasteiger partial charge is 0.464 e. The number of esters is 1. The van der Waals surface area contributed by atoms with E-state index in [1.54, 1.807) is 4.98 Å². The number of aliphatic hydroxyl groups excluding tert-OH is 1. The second-order valence-electron chi connectivity index (χ2n) is 3.28. The number of nitrogens with one attached hydrogen (secondary N) is 1. The Morgan fingerprint density at radius 1 is 1.65 bits per heavy atom. The molecule has 1 aromatic heterocycles. The zero-order valence-electron chi connectivity index (χ0n) is 8.97. The van der Waals surface area contributed by atoms with Crippen molar-refractivity contribution in [2.75, 3.05) is 13.2 Å². The molecule has 1 atom stereocenters. The van der Waals surface area contributed by atoms with E-state index in [1.807, 2.05) is 0 Å². The molecule has 0 aromatic carbocycles. The predicted molar refractivity (Wildman–Crippen MR) is 54.0 cm³/mol. The van der Waals surface area contributed by atoms with Crippen molar-refractivity contribution < 1.29 is 19.0 Å². The third-order valence-electron chi connectivity index (χ3n) is 2.01. The third kappa shape index (κ3) is 3.25. The zero-order valence-corrected chi connectivity index (χ0v) is 8.97. The molecule has 0 aliphatic carbocycles. The lowest BCUT2D eigenvalue weighted by atomic mass is 10.3. The van der Waals surface area contributed by atoms with E-state index >= 15 is 0 Å². The molecule has 1 aromatic rings. The minimum absolute atomic E-state index is 0.294. The number of H-pyrrole nitrogens is 1. The van der Waals surface area contributed by atoms with Crippen molar-refractivity contribution in [2.24, 2.45) is 0 Å². The Balaban J connectivity index is 3.03. The molecule has 0 aliphatic heterocycles. The molecular weight excluding hydrogens is 235 g/mol. The van der Waals surface area contributed by atoms with Crippen molar-refractivity contribution in [1.29, 1.82) is 0 Å². The van der Waals surface area contributed by atoms with Gasteiger partial charge in [-0.2, -0.15) is 4.39 Å². The highest BCUT2D eigenvalue weighted by Crippen LogP contribution is 2.02. The van der Waals surface area contributed by atoms with Crippen molar-refractivity contribution in [3.63, 3.8) is 0 Å². The maximum atomic E-state index is 13.0. The number of halogens is 1. The smallest absolute Gasteiger partial charge is 0.328 e. The van der Waals surface area contributed by atoms with E-state index in [9.17, 15) is 18.8 Å². The quantitative estimate of drug-likeness (QED) is 0.648. The van der Waals surface area contributed by atoms with Gasteiger partial charge in [0.15, 0.2) is 0 Å². The van der Waals surface area contributed by atoms with E-state index in [2.05, 4.69) is 4.74 Å². The van der Waals surface area contributed by atoms with Crippen molar-refractivity contribution >= 4 is 5.97 Å². The van der Waals surface area contributed by atoms with Crippen molar-refractivity contribution in [2.45, 2.75) is 13.0 Å². The fraction of sp³-hybridized carbons (Fsp3) is 0.444. The topological polar surface area (TPSA) is 101 Å². The van der Waals surface area contributed by atoms with Crippen LogP contribution in [0.1, 0.15) is 13.0 Å². The number of nitrogens with zero attached hydrogens (tertiary/aromatic N) is 1. The Kier molecular flexibility index (Phi) is 4.16. The van der Waals surface area contributed by atoms with Crippen LogP contribution >= 0.6 is 0 Å². The Morgan fingerprint density at radius 2 is 2.29 bits per heavy atom. The van der Waals surface area contributed by atoms with Crippen LogP contribution in [-0.4, -0.2) is 33.8 Å². The first-order chi connectivity index (χ1) is 7.95.